The van der Waals surface area contributed by atoms with Crippen molar-refractivity contribution in [3.63, 3.8) is 0 Å². The first-order chi connectivity index (χ1) is 5.08. The molecular formula is C2H7FN3O2PS2. The van der Waals surface area contributed by atoms with E-state index in [1.54, 1.807) is 0 Å². The molecule has 0 aromatic carbocycles. The number of alkyl halides is 1. The first-order valence-electron chi connectivity index (χ1n) is 2.32. The van der Waals surface area contributed by atoms with Crippen LogP contribution in [0.15, 0.2) is 0 Å². The Morgan fingerprint density at radius 2 is 2.00 bits per heavy atom. The lowest BCUT2D eigenvalue weighted by atomic mass is 10.7. The Balaban J connectivity index is 4.09. The van der Waals surface area contributed by atoms with Crippen LogP contribution in [0.5, 0.6) is 0 Å². The number of carbonyl (C=O) groups excluding carboxylic acids is 1. The van der Waals surface area contributed by atoms with E-state index in [-0.39, 0.29) is 0 Å². The maximum atomic E-state index is 11.6. The molecule has 0 heterocycles. The van der Waals surface area contributed by atoms with E-state index in [9.17, 15) is 13.8 Å². The average molecular weight is 219 g/mol. The monoisotopic (exact) mass is 219 g/mol. The van der Waals surface area contributed by atoms with Gasteiger partial charge in [0, 0.05) is 23.1 Å². The van der Waals surface area contributed by atoms with Crippen LogP contribution in [0.3, 0.4) is 0 Å². The second-order valence-corrected chi connectivity index (χ2v) is 8.06. The van der Waals surface area contributed by atoms with Gasteiger partial charge in [-0.3, -0.25) is 24.7 Å². The van der Waals surface area contributed by atoms with Crippen LogP contribution in [0.1, 0.15) is 0 Å². The topological polar surface area (TPSA) is 98.2 Å². The van der Waals surface area contributed by atoms with E-state index in [0.29, 0.717) is 23.1 Å². The van der Waals surface area contributed by atoms with Crippen molar-refractivity contribution in [3.8, 4) is 0 Å². The van der Waals surface area contributed by atoms with Crippen LogP contribution in [0.2, 0.25) is 0 Å². The van der Waals surface area contributed by atoms with Gasteiger partial charge in [0.2, 0.25) is 0 Å². The minimum absolute atomic E-state index is 0.411. The molecule has 0 spiro atoms. The molecule has 5 N–H and O–H groups in total. The zero-order valence-electron chi connectivity index (χ0n) is 5.32. The van der Waals surface area contributed by atoms with Crippen molar-refractivity contribution < 1.29 is 13.8 Å². The van der Waals surface area contributed by atoms with Crippen molar-refractivity contribution in [2.24, 2.45) is 10.3 Å². The number of carbonyl (C=O) groups is 1. The number of nitrogens with two attached hydrogens (primary N) is 2. The summed E-state index contributed by atoms with van der Waals surface area (Å²) in [6.45, 7) is -1.23. The standard InChI is InChI=1S/C2H7FN3O2PS2/c3-1-2(7)6-9(8,10-4)11-5/h1,4-5H2,(H,6,7,8). The summed E-state index contributed by atoms with van der Waals surface area (Å²) in [7, 11) is 0. The summed E-state index contributed by atoms with van der Waals surface area (Å²) >= 11 is 0.822. The number of hydrogen-bond acceptors (Lipinski definition) is 6. The maximum absolute atomic E-state index is 11.6. The van der Waals surface area contributed by atoms with Crippen LogP contribution in [-0.4, -0.2) is 12.6 Å². The lowest BCUT2D eigenvalue weighted by Gasteiger charge is -2.10. The van der Waals surface area contributed by atoms with Gasteiger partial charge in [-0.2, -0.15) is 0 Å². The molecule has 0 saturated heterocycles. The molecule has 0 radical (unpaired) electrons. The molecule has 0 rings (SSSR count). The van der Waals surface area contributed by atoms with E-state index in [0.717, 1.165) is 0 Å². The van der Waals surface area contributed by atoms with E-state index < -0.39 is 18.3 Å². The molecule has 0 aromatic heterocycles. The number of amides is 1. The second-order valence-electron chi connectivity index (χ2n) is 1.38. The Labute approximate surface area is 71.0 Å². The molecule has 1 amide bonds. The zero-order chi connectivity index (χ0) is 8.91. The fraction of sp³-hybridized carbons (Fsp3) is 0.500. The number of halogens is 1. The van der Waals surface area contributed by atoms with Gasteiger partial charge in [0.15, 0.2) is 6.67 Å². The molecule has 0 aliphatic carbocycles. The van der Waals surface area contributed by atoms with E-state index in [1.807, 2.05) is 5.09 Å². The molecule has 0 atom stereocenters. The van der Waals surface area contributed by atoms with Crippen LogP contribution in [-0.2, 0) is 9.36 Å². The van der Waals surface area contributed by atoms with Crippen molar-refractivity contribution in [1.82, 2.24) is 5.09 Å². The molecule has 0 fully saturated rings. The maximum Gasteiger partial charge on any atom is 0.308 e. The Bertz CT molecular complexity index is 182. The Morgan fingerprint density at radius 1 is 1.55 bits per heavy atom. The van der Waals surface area contributed by atoms with Crippen molar-refractivity contribution >= 4 is 34.7 Å². The minimum atomic E-state index is -3.20. The van der Waals surface area contributed by atoms with Crippen LogP contribution in [0, 0.1) is 0 Å². The molecule has 66 valence electrons. The lowest BCUT2D eigenvalue weighted by Crippen LogP contribution is -2.20. The largest absolute Gasteiger partial charge is 0.308 e. The summed E-state index contributed by atoms with van der Waals surface area (Å²) in [6, 6.07) is 0. The molecule has 0 unspecified atom stereocenters. The quantitative estimate of drug-likeness (QED) is 0.467. The third kappa shape index (κ3) is 3.97. The summed E-state index contributed by atoms with van der Waals surface area (Å²) in [4.78, 5) is 10.3. The number of rotatable bonds is 4. The summed E-state index contributed by atoms with van der Waals surface area (Å²) in [5.74, 6) is -0.982. The van der Waals surface area contributed by atoms with Gasteiger partial charge in [0.05, 0.1) is 0 Å². The number of hydrogen-bond donors (Lipinski definition) is 3. The Hall–Kier alpha value is 0.250. The third-order valence-electron chi connectivity index (χ3n) is 0.661. The van der Waals surface area contributed by atoms with Crippen molar-refractivity contribution in [2.75, 3.05) is 6.67 Å². The van der Waals surface area contributed by atoms with Gasteiger partial charge >= 0.3 is 5.70 Å². The molecule has 0 aromatic rings. The van der Waals surface area contributed by atoms with Gasteiger partial charge in [-0.05, 0) is 0 Å². The fourth-order valence-electron chi connectivity index (χ4n) is 0.260. The highest BCUT2D eigenvalue weighted by molar-refractivity contribution is 8.89. The Kier molecular flexibility index (Phi) is 5.11. The SMILES string of the molecule is NSP(=O)(NC(=O)CF)SN. The summed E-state index contributed by atoms with van der Waals surface area (Å²) in [5.41, 5.74) is -3.20. The highest BCUT2D eigenvalue weighted by Gasteiger charge is 2.23. The summed E-state index contributed by atoms with van der Waals surface area (Å²) in [5, 5.41) is 11.7. The molecule has 0 bridgehead atoms. The van der Waals surface area contributed by atoms with Gasteiger partial charge in [0.25, 0.3) is 5.91 Å². The normalized spacial score (nSPS) is 11.2. The lowest BCUT2D eigenvalue weighted by molar-refractivity contribution is -0.120. The van der Waals surface area contributed by atoms with Gasteiger partial charge in [0.1, 0.15) is 0 Å². The molecule has 5 nitrogen and oxygen atoms in total. The van der Waals surface area contributed by atoms with Gasteiger partial charge in [-0.15, -0.1) is 0 Å². The Morgan fingerprint density at radius 3 is 2.27 bits per heavy atom. The molecule has 0 aliphatic rings. The van der Waals surface area contributed by atoms with E-state index in [4.69, 9.17) is 10.3 Å². The van der Waals surface area contributed by atoms with Gasteiger partial charge in [-0.1, -0.05) is 0 Å². The van der Waals surface area contributed by atoms with Crippen LogP contribution < -0.4 is 15.4 Å². The highest BCUT2D eigenvalue weighted by Crippen LogP contribution is 2.60. The van der Waals surface area contributed by atoms with Gasteiger partial charge in [-0.25, -0.2) is 4.39 Å². The minimum Gasteiger partial charge on any atom is -0.287 e. The van der Waals surface area contributed by atoms with E-state index >= 15 is 0 Å². The molecular weight excluding hydrogens is 212 g/mol. The number of nitrogens with one attached hydrogen (secondary N) is 1. The third-order valence-corrected chi connectivity index (χ3v) is 5.50. The van der Waals surface area contributed by atoms with Gasteiger partial charge < -0.3 is 0 Å². The summed E-state index contributed by atoms with van der Waals surface area (Å²) < 4.78 is 22.7. The van der Waals surface area contributed by atoms with Crippen LogP contribution in [0.25, 0.3) is 0 Å². The van der Waals surface area contributed by atoms with E-state index in [1.165, 1.54) is 0 Å². The predicted molar refractivity (Wildman–Crippen MR) is 45.3 cm³/mol. The fourth-order valence-corrected chi connectivity index (χ4v) is 2.30. The summed E-state index contributed by atoms with van der Waals surface area (Å²) in [6.07, 6.45) is 0. The molecule has 0 aliphatic heterocycles. The van der Waals surface area contributed by atoms with E-state index in [2.05, 4.69) is 0 Å². The van der Waals surface area contributed by atoms with Crippen molar-refractivity contribution in [3.05, 3.63) is 0 Å². The predicted octanol–water partition coefficient (Wildman–Crippen LogP) is 0.394. The highest BCUT2D eigenvalue weighted by atomic mass is 33.1. The molecule has 11 heavy (non-hydrogen) atoms. The first-order valence-corrected chi connectivity index (χ1v) is 6.99. The smallest absolute Gasteiger partial charge is 0.287 e. The van der Waals surface area contributed by atoms with Crippen LogP contribution >= 0.6 is 28.8 Å². The van der Waals surface area contributed by atoms with Crippen LogP contribution in [0.4, 0.5) is 4.39 Å². The first kappa shape index (κ1) is 11.2. The van der Waals surface area contributed by atoms with Crippen molar-refractivity contribution in [2.45, 2.75) is 0 Å². The van der Waals surface area contributed by atoms with Crippen molar-refractivity contribution in [1.29, 1.82) is 0 Å². The second kappa shape index (κ2) is 5.00. The molecule has 0 saturated carbocycles. The molecule has 9 heteroatoms. The average Bonchev–Trinajstić information content (AvgIpc) is 2.04. The zero-order valence-corrected chi connectivity index (χ0v) is 7.85.